The van der Waals surface area contributed by atoms with Crippen LogP contribution in [0.1, 0.15) is 99.3 Å². The van der Waals surface area contributed by atoms with Crippen molar-refractivity contribution in [2.45, 2.75) is 78.6 Å². The van der Waals surface area contributed by atoms with Crippen LogP contribution in [-0.4, -0.2) is 25.2 Å². The first-order valence-corrected chi connectivity index (χ1v) is 15.0. The standard InChI is InChI=1S/C35H42F2O5/c1-4-6-7-8-9-10-11-12-21-40-32-19-17-28(22-30(32)36)26-13-15-27(16-14-26)35(39)42-33-20-18-29(23-31(33)37)34(38)41-24-25(3)5-2/h13-20,22-23,25H,4-12,21,24H2,1-3H3. The van der Waals surface area contributed by atoms with Crippen LogP contribution in [0.3, 0.4) is 0 Å². The predicted octanol–water partition coefficient (Wildman–Crippen LogP) is 9.57. The number of carbonyl (C=O) groups excluding carboxylic acids is 2. The zero-order valence-electron chi connectivity index (χ0n) is 24.9. The van der Waals surface area contributed by atoms with Crippen molar-refractivity contribution in [1.29, 1.82) is 0 Å². The highest BCUT2D eigenvalue weighted by molar-refractivity contribution is 5.92. The first-order chi connectivity index (χ1) is 20.3. The highest BCUT2D eigenvalue weighted by atomic mass is 19.1. The molecule has 0 amide bonds. The topological polar surface area (TPSA) is 61.8 Å². The van der Waals surface area contributed by atoms with Crippen LogP contribution in [0.5, 0.6) is 11.5 Å². The summed E-state index contributed by atoms with van der Waals surface area (Å²) in [7, 11) is 0. The number of hydrogen-bond donors (Lipinski definition) is 0. The summed E-state index contributed by atoms with van der Waals surface area (Å²) in [6.45, 7) is 6.87. The summed E-state index contributed by atoms with van der Waals surface area (Å²) in [4.78, 5) is 24.8. The largest absolute Gasteiger partial charge is 0.491 e. The first-order valence-electron chi connectivity index (χ1n) is 15.0. The Balaban J connectivity index is 1.50. The van der Waals surface area contributed by atoms with Crippen LogP contribution in [-0.2, 0) is 4.74 Å². The number of carbonyl (C=O) groups is 2. The molecule has 0 saturated heterocycles. The van der Waals surface area contributed by atoms with Gasteiger partial charge < -0.3 is 14.2 Å². The van der Waals surface area contributed by atoms with E-state index in [1.54, 1.807) is 24.3 Å². The molecule has 3 aromatic carbocycles. The van der Waals surface area contributed by atoms with Crippen molar-refractivity contribution in [3.05, 3.63) is 83.4 Å². The summed E-state index contributed by atoms with van der Waals surface area (Å²) in [6.07, 6.45) is 10.4. The van der Waals surface area contributed by atoms with E-state index in [0.717, 1.165) is 25.3 Å². The van der Waals surface area contributed by atoms with Crippen molar-refractivity contribution < 1.29 is 32.6 Å². The van der Waals surface area contributed by atoms with E-state index in [-0.39, 0.29) is 35.2 Å². The van der Waals surface area contributed by atoms with E-state index in [2.05, 4.69) is 6.92 Å². The van der Waals surface area contributed by atoms with Gasteiger partial charge in [-0.25, -0.2) is 18.4 Å². The Morgan fingerprint density at radius 1 is 0.690 bits per heavy atom. The van der Waals surface area contributed by atoms with Crippen molar-refractivity contribution >= 4 is 11.9 Å². The molecule has 0 N–H and O–H groups in total. The molecule has 0 aliphatic heterocycles. The molecule has 0 heterocycles. The molecule has 0 fully saturated rings. The van der Waals surface area contributed by atoms with E-state index in [9.17, 15) is 18.4 Å². The number of esters is 2. The molecule has 0 bridgehead atoms. The zero-order chi connectivity index (χ0) is 30.3. The summed E-state index contributed by atoms with van der Waals surface area (Å²) in [5.74, 6) is -2.57. The van der Waals surface area contributed by atoms with Gasteiger partial charge in [-0.1, -0.05) is 90.3 Å². The van der Waals surface area contributed by atoms with Crippen molar-refractivity contribution in [2.24, 2.45) is 5.92 Å². The molecule has 226 valence electrons. The van der Waals surface area contributed by atoms with Crippen LogP contribution in [0.25, 0.3) is 11.1 Å². The van der Waals surface area contributed by atoms with Gasteiger partial charge in [-0.05, 0) is 65.9 Å². The molecule has 3 aromatic rings. The molecule has 0 spiro atoms. The molecule has 1 unspecified atom stereocenters. The van der Waals surface area contributed by atoms with E-state index >= 15 is 0 Å². The SMILES string of the molecule is CCCCCCCCCCOc1ccc(-c2ccc(C(=O)Oc3ccc(C(=O)OCC(C)CC)cc3F)cc2)cc1F. The van der Waals surface area contributed by atoms with Crippen molar-refractivity contribution in [1.82, 2.24) is 0 Å². The molecule has 0 aliphatic rings. The second kappa shape index (κ2) is 17.3. The van der Waals surface area contributed by atoms with Gasteiger partial charge >= 0.3 is 11.9 Å². The third-order valence-corrected chi connectivity index (χ3v) is 7.21. The summed E-state index contributed by atoms with van der Waals surface area (Å²) in [6, 6.07) is 14.7. The van der Waals surface area contributed by atoms with E-state index < -0.39 is 23.6 Å². The van der Waals surface area contributed by atoms with Gasteiger partial charge in [0.2, 0.25) is 0 Å². The molecule has 0 aromatic heterocycles. The molecule has 1 atom stereocenters. The fraction of sp³-hybridized carbons (Fsp3) is 0.429. The molecule has 5 nitrogen and oxygen atoms in total. The van der Waals surface area contributed by atoms with Crippen molar-refractivity contribution in [2.75, 3.05) is 13.2 Å². The monoisotopic (exact) mass is 580 g/mol. The number of hydrogen-bond acceptors (Lipinski definition) is 5. The lowest BCUT2D eigenvalue weighted by Gasteiger charge is -2.11. The van der Waals surface area contributed by atoms with Crippen LogP contribution in [0.2, 0.25) is 0 Å². The third kappa shape index (κ3) is 10.3. The van der Waals surface area contributed by atoms with Gasteiger partial charge in [-0.2, -0.15) is 0 Å². The van der Waals surface area contributed by atoms with E-state index in [1.165, 1.54) is 68.9 Å². The van der Waals surface area contributed by atoms with Crippen molar-refractivity contribution in [3.63, 3.8) is 0 Å². The Morgan fingerprint density at radius 3 is 1.93 bits per heavy atom. The normalized spacial score (nSPS) is 11.6. The molecule has 0 saturated carbocycles. The molecule has 42 heavy (non-hydrogen) atoms. The maximum atomic E-state index is 14.7. The van der Waals surface area contributed by atoms with Gasteiger partial charge in [0.1, 0.15) is 0 Å². The van der Waals surface area contributed by atoms with Crippen molar-refractivity contribution in [3.8, 4) is 22.6 Å². The molecule has 7 heteroatoms. The minimum Gasteiger partial charge on any atom is -0.491 e. The Kier molecular flexibility index (Phi) is 13.5. The number of halogens is 2. The highest BCUT2D eigenvalue weighted by Gasteiger charge is 2.16. The fourth-order valence-electron chi connectivity index (χ4n) is 4.30. The van der Waals surface area contributed by atoms with Gasteiger partial charge in [0, 0.05) is 0 Å². The first kappa shape index (κ1) is 32.8. The highest BCUT2D eigenvalue weighted by Crippen LogP contribution is 2.27. The average molecular weight is 581 g/mol. The van der Waals surface area contributed by atoms with Crippen LogP contribution in [0.15, 0.2) is 60.7 Å². The lowest BCUT2D eigenvalue weighted by molar-refractivity contribution is 0.0446. The second-order valence-corrected chi connectivity index (χ2v) is 10.7. The number of unbranched alkanes of at least 4 members (excludes halogenated alkanes) is 7. The van der Waals surface area contributed by atoms with Gasteiger partial charge in [-0.15, -0.1) is 0 Å². The van der Waals surface area contributed by atoms with Gasteiger partial charge in [0.25, 0.3) is 0 Å². The Bertz CT molecular complexity index is 1290. The number of ether oxygens (including phenoxy) is 3. The number of rotatable bonds is 17. The van der Waals surface area contributed by atoms with E-state index in [1.807, 2.05) is 13.8 Å². The summed E-state index contributed by atoms with van der Waals surface area (Å²) in [5, 5.41) is 0. The molecule has 0 aliphatic carbocycles. The zero-order valence-corrected chi connectivity index (χ0v) is 24.9. The maximum Gasteiger partial charge on any atom is 0.343 e. The minimum atomic E-state index is -0.849. The summed E-state index contributed by atoms with van der Waals surface area (Å²) >= 11 is 0. The van der Waals surface area contributed by atoms with Crippen LogP contribution in [0.4, 0.5) is 8.78 Å². The second-order valence-electron chi connectivity index (χ2n) is 10.7. The molecule has 3 rings (SSSR count). The molecular formula is C35H42F2O5. The summed E-state index contributed by atoms with van der Waals surface area (Å²) < 4.78 is 45.3. The molecule has 0 radical (unpaired) electrons. The lowest BCUT2D eigenvalue weighted by atomic mass is 10.0. The summed E-state index contributed by atoms with van der Waals surface area (Å²) in [5.41, 5.74) is 1.57. The van der Waals surface area contributed by atoms with Gasteiger partial charge in [0.15, 0.2) is 23.1 Å². The Hall–Kier alpha value is -3.74. The Labute approximate surface area is 248 Å². The number of benzene rings is 3. The van der Waals surface area contributed by atoms with E-state index in [4.69, 9.17) is 14.2 Å². The van der Waals surface area contributed by atoms with Gasteiger partial charge in [-0.3, -0.25) is 0 Å². The third-order valence-electron chi connectivity index (χ3n) is 7.21. The van der Waals surface area contributed by atoms with Gasteiger partial charge in [0.05, 0.1) is 24.3 Å². The lowest BCUT2D eigenvalue weighted by Crippen LogP contribution is -2.13. The Morgan fingerprint density at radius 2 is 1.29 bits per heavy atom. The average Bonchev–Trinajstić information content (AvgIpc) is 3.00. The smallest absolute Gasteiger partial charge is 0.343 e. The quantitative estimate of drug-likeness (QED) is 0.0904. The molecular weight excluding hydrogens is 538 g/mol. The minimum absolute atomic E-state index is 0.0387. The van der Waals surface area contributed by atoms with Crippen LogP contribution < -0.4 is 9.47 Å². The maximum absolute atomic E-state index is 14.7. The fourth-order valence-corrected chi connectivity index (χ4v) is 4.30. The van der Waals surface area contributed by atoms with Crippen LogP contribution >= 0.6 is 0 Å². The van der Waals surface area contributed by atoms with E-state index in [0.29, 0.717) is 17.7 Å². The predicted molar refractivity (Wildman–Crippen MR) is 161 cm³/mol. The van der Waals surface area contributed by atoms with Crippen LogP contribution in [0, 0.1) is 17.6 Å².